The van der Waals surface area contributed by atoms with Gasteiger partial charge in [0.1, 0.15) is 6.26 Å². The van der Waals surface area contributed by atoms with Crippen LogP contribution in [0.25, 0.3) is 0 Å². The van der Waals surface area contributed by atoms with Gasteiger partial charge in [0, 0.05) is 13.2 Å². The van der Waals surface area contributed by atoms with Crippen molar-refractivity contribution in [2.24, 2.45) is 5.41 Å². The third kappa shape index (κ3) is 3.75. The molecule has 0 radical (unpaired) electrons. The fourth-order valence-corrected chi connectivity index (χ4v) is 1.21. The summed E-state index contributed by atoms with van der Waals surface area (Å²) in [4.78, 5) is 11.5. The number of amides is 1. The van der Waals surface area contributed by atoms with Crippen molar-refractivity contribution in [1.82, 2.24) is 5.32 Å². The van der Waals surface area contributed by atoms with Crippen molar-refractivity contribution < 1.29 is 14.3 Å². The first-order valence-electron chi connectivity index (χ1n) is 4.96. The fourth-order valence-electron chi connectivity index (χ4n) is 1.21. The third-order valence-corrected chi connectivity index (χ3v) is 2.30. The molecule has 1 aromatic heterocycles. The summed E-state index contributed by atoms with van der Waals surface area (Å²) in [6, 6.07) is 1.62. The molecule has 0 aliphatic carbocycles. The van der Waals surface area contributed by atoms with E-state index in [0.29, 0.717) is 18.5 Å². The van der Waals surface area contributed by atoms with Crippen molar-refractivity contribution in [3.8, 4) is 0 Å². The van der Waals surface area contributed by atoms with Gasteiger partial charge in [-0.3, -0.25) is 4.79 Å². The van der Waals surface area contributed by atoms with Gasteiger partial charge in [-0.25, -0.2) is 0 Å². The second-order valence-electron chi connectivity index (χ2n) is 4.33. The van der Waals surface area contributed by atoms with E-state index in [0.717, 1.165) is 0 Å². The van der Waals surface area contributed by atoms with Crippen molar-refractivity contribution in [3.63, 3.8) is 0 Å². The fraction of sp³-hybridized carbons (Fsp3) is 0.545. The number of hydrogen-bond donors (Lipinski definition) is 2. The number of carbonyl (C=O) groups is 1. The first-order chi connectivity index (χ1) is 7.05. The second-order valence-corrected chi connectivity index (χ2v) is 4.33. The normalized spacial score (nSPS) is 11.4. The zero-order valence-corrected chi connectivity index (χ0v) is 9.12. The Labute approximate surface area is 89.3 Å². The van der Waals surface area contributed by atoms with Gasteiger partial charge >= 0.3 is 0 Å². The van der Waals surface area contributed by atoms with Crippen molar-refractivity contribution in [3.05, 3.63) is 24.2 Å². The molecule has 1 aromatic rings. The number of hydrogen-bond acceptors (Lipinski definition) is 3. The van der Waals surface area contributed by atoms with Crippen LogP contribution in [0.15, 0.2) is 23.0 Å². The molecule has 0 aliphatic rings. The lowest BCUT2D eigenvalue weighted by Gasteiger charge is -2.23. The van der Waals surface area contributed by atoms with Crippen LogP contribution >= 0.6 is 0 Å². The molecule has 4 heteroatoms. The molecule has 0 fully saturated rings. The monoisotopic (exact) mass is 211 g/mol. The molecular formula is C11H17NO3. The molecule has 15 heavy (non-hydrogen) atoms. The Balaban J connectivity index is 2.40. The minimum atomic E-state index is -0.144. The Morgan fingerprint density at radius 1 is 1.60 bits per heavy atom. The molecule has 0 saturated carbocycles. The number of aliphatic hydroxyl groups is 1. The lowest BCUT2D eigenvalue weighted by atomic mass is 9.90. The minimum absolute atomic E-state index is 0.0891. The molecule has 0 aliphatic heterocycles. The zero-order valence-electron chi connectivity index (χ0n) is 9.12. The van der Waals surface area contributed by atoms with Crippen molar-refractivity contribution in [2.45, 2.75) is 20.3 Å². The van der Waals surface area contributed by atoms with E-state index in [2.05, 4.69) is 5.32 Å². The summed E-state index contributed by atoms with van der Waals surface area (Å²) in [6.07, 6.45) is 3.54. The smallest absolute Gasteiger partial charge is 0.254 e. The van der Waals surface area contributed by atoms with Gasteiger partial charge in [-0.05, 0) is 17.9 Å². The molecule has 0 aromatic carbocycles. The van der Waals surface area contributed by atoms with Crippen LogP contribution in [0.4, 0.5) is 0 Å². The highest BCUT2D eigenvalue weighted by Crippen LogP contribution is 2.18. The highest BCUT2D eigenvalue weighted by Gasteiger charge is 2.18. The number of carbonyl (C=O) groups excluding carboxylic acids is 1. The van der Waals surface area contributed by atoms with Crippen LogP contribution in [-0.4, -0.2) is 24.2 Å². The largest absolute Gasteiger partial charge is 0.472 e. The Hall–Kier alpha value is -1.29. The van der Waals surface area contributed by atoms with Crippen LogP contribution in [0.3, 0.4) is 0 Å². The molecule has 84 valence electrons. The maximum atomic E-state index is 11.5. The van der Waals surface area contributed by atoms with Gasteiger partial charge in [0.2, 0.25) is 0 Å². The van der Waals surface area contributed by atoms with Crippen LogP contribution in [0.5, 0.6) is 0 Å². The van der Waals surface area contributed by atoms with Gasteiger partial charge in [0.25, 0.3) is 5.91 Å². The van der Waals surface area contributed by atoms with E-state index in [9.17, 15) is 4.79 Å². The zero-order chi connectivity index (χ0) is 11.3. The van der Waals surface area contributed by atoms with E-state index in [1.165, 1.54) is 12.5 Å². The number of aliphatic hydroxyl groups excluding tert-OH is 1. The number of furan rings is 1. The van der Waals surface area contributed by atoms with E-state index >= 15 is 0 Å². The van der Waals surface area contributed by atoms with Gasteiger partial charge < -0.3 is 14.8 Å². The Morgan fingerprint density at radius 2 is 2.33 bits per heavy atom. The molecule has 1 rings (SSSR count). The first kappa shape index (κ1) is 11.8. The summed E-state index contributed by atoms with van der Waals surface area (Å²) < 4.78 is 4.81. The van der Waals surface area contributed by atoms with E-state index in [1.807, 2.05) is 13.8 Å². The van der Waals surface area contributed by atoms with Gasteiger partial charge in [-0.15, -0.1) is 0 Å². The van der Waals surface area contributed by atoms with E-state index < -0.39 is 0 Å². The molecule has 2 N–H and O–H groups in total. The van der Waals surface area contributed by atoms with Gasteiger partial charge in [-0.2, -0.15) is 0 Å². The topological polar surface area (TPSA) is 62.5 Å². The molecule has 4 nitrogen and oxygen atoms in total. The number of nitrogens with one attached hydrogen (secondary N) is 1. The van der Waals surface area contributed by atoms with Crippen LogP contribution in [0.2, 0.25) is 0 Å². The highest BCUT2D eigenvalue weighted by molar-refractivity contribution is 5.93. The van der Waals surface area contributed by atoms with Crippen LogP contribution in [0.1, 0.15) is 30.6 Å². The molecule has 0 atom stereocenters. The standard InChI is InChI=1S/C11H17NO3/c1-11(2,4-5-13)8-12-10(14)9-3-6-15-7-9/h3,6-7,13H,4-5,8H2,1-2H3,(H,12,14). The van der Waals surface area contributed by atoms with Gasteiger partial charge in [0.05, 0.1) is 11.8 Å². The summed E-state index contributed by atoms with van der Waals surface area (Å²) in [5.74, 6) is -0.144. The maximum absolute atomic E-state index is 11.5. The average Bonchev–Trinajstić information content (AvgIpc) is 2.67. The third-order valence-electron chi connectivity index (χ3n) is 2.30. The summed E-state index contributed by atoms with van der Waals surface area (Å²) >= 11 is 0. The molecule has 0 bridgehead atoms. The second kappa shape index (κ2) is 4.98. The predicted octanol–water partition coefficient (Wildman–Crippen LogP) is 1.42. The lowest BCUT2D eigenvalue weighted by molar-refractivity contribution is 0.0927. The van der Waals surface area contributed by atoms with Crippen LogP contribution in [0, 0.1) is 5.41 Å². The molecular weight excluding hydrogens is 194 g/mol. The van der Waals surface area contributed by atoms with E-state index in [4.69, 9.17) is 9.52 Å². The van der Waals surface area contributed by atoms with Gasteiger partial charge in [0.15, 0.2) is 0 Å². The molecule has 0 saturated heterocycles. The SMILES string of the molecule is CC(C)(CCO)CNC(=O)c1ccoc1. The van der Waals surface area contributed by atoms with Crippen LogP contribution < -0.4 is 5.32 Å². The first-order valence-corrected chi connectivity index (χ1v) is 4.96. The molecule has 1 heterocycles. The molecule has 0 spiro atoms. The van der Waals surface area contributed by atoms with Crippen molar-refractivity contribution in [2.75, 3.05) is 13.2 Å². The predicted molar refractivity (Wildman–Crippen MR) is 56.5 cm³/mol. The highest BCUT2D eigenvalue weighted by atomic mass is 16.3. The summed E-state index contributed by atoms with van der Waals surface area (Å²) in [5, 5.41) is 11.6. The molecule has 1 amide bonds. The number of rotatable bonds is 5. The quantitative estimate of drug-likeness (QED) is 0.774. The lowest BCUT2D eigenvalue weighted by Crippen LogP contribution is -2.34. The summed E-state index contributed by atoms with van der Waals surface area (Å²) in [6.45, 7) is 4.67. The maximum Gasteiger partial charge on any atom is 0.254 e. The summed E-state index contributed by atoms with van der Waals surface area (Å²) in [5.41, 5.74) is 0.434. The van der Waals surface area contributed by atoms with Crippen molar-refractivity contribution in [1.29, 1.82) is 0 Å². The van der Waals surface area contributed by atoms with Crippen LogP contribution in [-0.2, 0) is 0 Å². The Kier molecular flexibility index (Phi) is 3.91. The Bertz CT molecular complexity index is 304. The van der Waals surface area contributed by atoms with E-state index in [-0.39, 0.29) is 17.9 Å². The van der Waals surface area contributed by atoms with Gasteiger partial charge in [-0.1, -0.05) is 13.8 Å². The average molecular weight is 211 g/mol. The minimum Gasteiger partial charge on any atom is -0.472 e. The summed E-state index contributed by atoms with van der Waals surface area (Å²) in [7, 11) is 0. The van der Waals surface area contributed by atoms with Crippen molar-refractivity contribution >= 4 is 5.91 Å². The van der Waals surface area contributed by atoms with E-state index in [1.54, 1.807) is 6.07 Å². The molecule has 0 unspecified atom stereocenters. The Morgan fingerprint density at radius 3 is 2.87 bits per heavy atom.